The lowest BCUT2D eigenvalue weighted by atomic mass is 10.1. The Morgan fingerprint density at radius 1 is 1.09 bits per heavy atom. The third-order valence-electron chi connectivity index (χ3n) is 4.93. The lowest BCUT2D eigenvalue weighted by molar-refractivity contribution is -0.151. The molecule has 10 heteroatoms. The molecule has 0 spiro atoms. The molecule has 2 N–H and O–H groups in total. The minimum absolute atomic E-state index is 0.0213. The molecule has 0 unspecified atom stereocenters. The Morgan fingerprint density at radius 2 is 1.78 bits per heavy atom. The summed E-state index contributed by atoms with van der Waals surface area (Å²) in [7, 11) is 0. The monoisotopic (exact) mass is 565 g/mol. The van der Waals surface area contributed by atoms with Gasteiger partial charge >= 0.3 is 5.97 Å². The highest BCUT2D eigenvalue weighted by Gasteiger charge is 2.36. The molecule has 2 aromatic rings. The van der Waals surface area contributed by atoms with Gasteiger partial charge in [-0.05, 0) is 61.4 Å². The summed E-state index contributed by atoms with van der Waals surface area (Å²) < 4.78 is 6.85. The fourth-order valence-electron chi connectivity index (χ4n) is 3.12. The second-order valence-electron chi connectivity index (χ2n) is 7.43. The van der Waals surface area contributed by atoms with E-state index in [1.54, 1.807) is 24.3 Å². The Bertz CT molecular complexity index is 1070. The average Bonchev–Trinajstić information content (AvgIpc) is 3.11. The summed E-state index contributed by atoms with van der Waals surface area (Å²) in [5, 5.41) is 3.82. The van der Waals surface area contributed by atoms with Crippen molar-refractivity contribution in [3.8, 4) is 0 Å². The van der Waals surface area contributed by atoms with E-state index in [9.17, 15) is 19.2 Å². The van der Waals surface area contributed by atoms with E-state index in [1.807, 2.05) is 26.0 Å². The zero-order valence-corrected chi connectivity index (χ0v) is 20.6. The van der Waals surface area contributed by atoms with Gasteiger partial charge in [-0.1, -0.05) is 31.9 Å². The number of ether oxygens (including phenoxy) is 1. The first kappa shape index (κ1) is 23.9. The number of hydrazine groups is 1. The van der Waals surface area contributed by atoms with Gasteiger partial charge in [0, 0.05) is 26.6 Å². The number of benzene rings is 2. The fourth-order valence-corrected chi connectivity index (χ4v) is 3.84. The number of halogens is 2. The zero-order chi connectivity index (χ0) is 23.4. The number of nitrogens with zero attached hydrogens (tertiary/aromatic N) is 1. The molecule has 0 saturated carbocycles. The number of amides is 3. The van der Waals surface area contributed by atoms with Crippen LogP contribution in [0.3, 0.4) is 0 Å². The summed E-state index contributed by atoms with van der Waals surface area (Å²) in [6.45, 7) is 3.26. The van der Waals surface area contributed by atoms with Crippen molar-refractivity contribution in [2.75, 3.05) is 18.5 Å². The number of carbonyl (C=O) groups excluding carboxylic acids is 4. The molecule has 0 radical (unpaired) electrons. The van der Waals surface area contributed by atoms with Gasteiger partial charge in [0.2, 0.25) is 5.91 Å². The van der Waals surface area contributed by atoms with Crippen LogP contribution >= 0.6 is 31.9 Å². The molecule has 168 valence electrons. The molecule has 0 bridgehead atoms. The normalized spacial score (nSPS) is 15.4. The van der Waals surface area contributed by atoms with Gasteiger partial charge in [0.05, 0.1) is 12.5 Å². The lowest BCUT2D eigenvalue weighted by Gasteiger charge is -2.17. The summed E-state index contributed by atoms with van der Waals surface area (Å²) in [6, 6.07) is 10.4. The molecular weight excluding hydrogens is 546 g/mol. The van der Waals surface area contributed by atoms with Crippen LogP contribution < -0.4 is 10.7 Å². The van der Waals surface area contributed by atoms with Crippen LogP contribution in [-0.4, -0.2) is 41.9 Å². The number of rotatable bonds is 6. The first-order chi connectivity index (χ1) is 15.1. The van der Waals surface area contributed by atoms with Gasteiger partial charge in [0.15, 0.2) is 6.61 Å². The van der Waals surface area contributed by atoms with Crippen LogP contribution in [0.4, 0.5) is 5.69 Å². The van der Waals surface area contributed by atoms with Crippen LogP contribution in [0, 0.1) is 19.8 Å². The van der Waals surface area contributed by atoms with E-state index in [0.717, 1.165) is 25.1 Å². The molecule has 32 heavy (non-hydrogen) atoms. The molecule has 8 nitrogen and oxygen atoms in total. The van der Waals surface area contributed by atoms with Gasteiger partial charge in [-0.25, -0.2) is 0 Å². The van der Waals surface area contributed by atoms with E-state index in [2.05, 4.69) is 42.6 Å². The van der Waals surface area contributed by atoms with Gasteiger partial charge in [0.25, 0.3) is 11.8 Å². The number of hydrogen-bond acceptors (Lipinski definition) is 5. The van der Waals surface area contributed by atoms with E-state index < -0.39 is 36.2 Å². The Balaban J connectivity index is 1.50. The van der Waals surface area contributed by atoms with Gasteiger partial charge in [-0.2, -0.15) is 0 Å². The van der Waals surface area contributed by atoms with Crippen molar-refractivity contribution in [3.05, 3.63) is 62.0 Å². The number of nitrogens with one attached hydrogen (secondary N) is 2. The Morgan fingerprint density at radius 3 is 2.47 bits per heavy atom. The number of esters is 1. The minimum atomic E-state index is -0.767. The highest BCUT2D eigenvalue weighted by Crippen LogP contribution is 2.24. The lowest BCUT2D eigenvalue weighted by Crippen LogP contribution is -2.43. The van der Waals surface area contributed by atoms with Crippen molar-refractivity contribution in [1.29, 1.82) is 0 Å². The molecular formula is C22H21Br2N3O5. The van der Waals surface area contributed by atoms with Gasteiger partial charge in [-0.15, -0.1) is 0 Å². The standard InChI is InChI=1S/C22H21Br2N3O5/c1-12-8-18(13(2)7-17(12)24)25-19(28)11-32-22(31)15-9-20(29)27(10-15)26-21(30)14-3-5-16(23)6-4-14/h3-8,15H,9-11H2,1-2H3,(H,25,28)(H,26,30)/t15-/m1/s1. The molecule has 0 aromatic heterocycles. The van der Waals surface area contributed by atoms with Crippen LogP contribution in [0.1, 0.15) is 27.9 Å². The summed E-state index contributed by atoms with van der Waals surface area (Å²) >= 11 is 6.72. The smallest absolute Gasteiger partial charge is 0.311 e. The van der Waals surface area contributed by atoms with Gasteiger partial charge in [-0.3, -0.25) is 29.6 Å². The molecule has 1 atom stereocenters. The summed E-state index contributed by atoms with van der Waals surface area (Å²) in [5.41, 5.74) is 5.33. The number of anilines is 1. The SMILES string of the molecule is Cc1cc(NC(=O)COC(=O)[C@@H]2CC(=O)N(NC(=O)c3ccc(Br)cc3)C2)c(C)cc1Br. The van der Waals surface area contributed by atoms with Crippen molar-refractivity contribution < 1.29 is 23.9 Å². The third-order valence-corrected chi connectivity index (χ3v) is 6.31. The molecule has 1 aliphatic rings. The predicted octanol–water partition coefficient (Wildman–Crippen LogP) is 3.50. The van der Waals surface area contributed by atoms with E-state index in [-0.39, 0.29) is 13.0 Å². The van der Waals surface area contributed by atoms with Crippen molar-refractivity contribution in [3.63, 3.8) is 0 Å². The van der Waals surface area contributed by atoms with Gasteiger partial charge < -0.3 is 10.1 Å². The van der Waals surface area contributed by atoms with Crippen molar-refractivity contribution in [2.24, 2.45) is 5.92 Å². The van der Waals surface area contributed by atoms with Crippen LogP contribution in [-0.2, 0) is 19.1 Å². The first-order valence-corrected chi connectivity index (χ1v) is 11.3. The maximum Gasteiger partial charge on any atom is 0.311 e. The highest BCUT2D eigenvalue weighted by molar-refractivity contribution is 9.10. The third kappa shape index (κ3) is 5.95. The predicted molar refractivity (Wildman–Crippen MR) is 125 cm³/mol. The Hall–Kier alpha value is -2.72. The average molecular weight is 567 g/mol. The maximum absolute atomic E-state index is 12.3. The quantitative estimate of drug-likeness (QED) is 0.521. The molecule has 2 aromatic carbocycles. The van der Waals surface area contributed by atoms with Crippen molar-refractivity contribution >= 4 is 61.2 Å². The van der Waals surface area contributed by atoms with E-state index >= 15 is 0 Å². The van der Waals surface area contributed by atoms with Crippen LogP contribution in [0.2, 0.25) is 0 Å². The zero-order valence-electron chi connectivity index (χ0n) is 17.4. The fraction of sp³-hybridized carbons (Fsp3) is 0.273. The maximum atomic E-state index is 12.3. The van der Waals surface area contributed by atoms with E-state index in [4.69, 9.17) is 4.74 Å². The second kappa shape index (κ2) is 10.3. The molecule has 1 saturated heterocycles. The summed E-state index contributed by atoms with van der Waals surface area (Å²) in [4.78, 5) is 49.0. The molecule has 0 aliphatic carbocycles. The number of hydrogen-bond donors (Lipinski definition) is 2. The molecule has 3 amide bonds. The topological polar surface area (TPSA) is 105 Å². The summed E-state index contributed by atoms with van der Waals surface area (Å²) in [5.74, 6) is -2.77. The highest BCUT2D eigenvalue weighted by atomic mass is 79.9. The second-order valence-corrected chi connectivity index (χ2v) is 9.20. The largest absolute Gasteiger partial charge is 0.455 e. The summed E-state index contributed by atoms with van der Waals surface area (Å²) in [6.07, 6.45) is -0.105. The van der Waals surface area contributed by atoms with E-state index in [0.29, 0.717) is 11.3 Å². The van der Waals surface area contributed by atoms with Crippen LogP contribution in [0.15, 0.2) is 45.3 Å². The molecule has 1 fully saturated rings. The Labute approximate surface area is 201 Å². The number of carbonyl (C=O) groups is 4. The number of aryl methyl sites for hydroxylation is 2. The molecule has 1 aliphatic heterocycles. The molecule has 1 heterocycles. The van der Waals surface area contributed by atoms with Gasteiger partial charge in [0.1, 0.15) is 0 Å². The minimum Gasteiger partial charge on any atom is -0.455 e. The Kier molecular flexibility index (Phi) is 7.68. The van der Waals surface area contributed by atoms with Crippen molar-refractivity contribution in [1.82, 2.24) is 10.4 Å². The van der Waals surface area contributed by atoms with Crippen molar-refractivity contribution in [2.45, 2.75) is 20.3 Å². The first-order valence-electron chi connectivity index (χ1n) is 9.74. The van der Waals surface area contributed by atoms with Crippen LogP contribution in [0.25, 0.3) is 0 Å². The van der Waals surface area contributed by atoms with E-state index in [1.165, 1.54) is 0 Å². The molecule has 3 rings (SSSR count). The van der Waals surface area contributed by atoms with Crippen LogP contribution in [0.5, 0.6) is 0 Å².